The number of ether oxygens (including phenoxy) is 13. The van der Waals surface area contributed by atoms with Crippen LogP contribution in [0.25, 0.3) is 0 Å². The number of nitrogens with two attached hydrogens (primary N) is 1. The van der Waals surface area contributed by atoms with Gasteiger partial charge in [-0.05, 0) is 88.0 Å². The van der Waals surface area contributed by atoms with E-state index in [1.54, 1.807) is 69.4 Å². The third kappa shape index (κ3) is 44.4. The predicted octanol–water partition coefficient (Wildman–Crippen LogP) is 2.63. The lowest BCUT2D eigenvalue weighted by atomic mass is 10.1. The second kappa shape index (κ2) is 40.3. The fourth-order valence-electron chi connectivity index (χ4n) is 5.42. The highest BCUT2D eigenvalue weighted by molar-refractivity contribution is 5.87. The zero-order chi connectivity index (χ0) is 51.8. The van der Waals surface area contributed by atoms with E-state index in [4.69, 9.17) is 67.3 Å². The maximum atomic E-state index is 13.2. The molecule has 0 aromatic rings. The van der Waals surface area contributed by atoms with E-state index >= 15 is 0 Å². The molecule has 0 saturated heterocycles. The van der Waals surface area contributed by atoms with Gasteiger partial charge in [-0.1, -0.05) is 0 Å². The smallest absolute Gasteiger partial charge is 0.329 e. The van der Waals surface area contributed by atoms with Crippen molar-refractivity contribution in [1.82, 2.24) is 16.0 Å². The van der Waals surface area contributed by atoms with Crippen LogP contribution in [0.1, 0.15) is 101 Å². The molecule has 22 nitrogen and oxygen atoms in total. The van der Waals surface area contributed by atoms with Crippen molar-refractivity contribution in [1.29, 1.82) is 0 Å². The number of esters is 3. The molecule has 0 aliphatic carbocycles. The van der Waals surface area contributed by atoms with Gasteiger partial charge in [-0.15, -0.1) is 0 Å². The molecule has 1 unspecified atom stereocenters. The van der Waals surface area contributed by atoms with Gasteiger partial charge in [-0.2, -0.15) is 0 Å². The lowest BCUT2D eigenvalue weighted by Crippen LogP contribution is -2.53. The molecule has 3 atom stereocenters. The molecule has 0 bridgehead atoms. The normalized spacial score (nSPS) is 13.3. The minimum absolute atomic E-state index is 0.0830. The van der Waals surface area contributed by atoms with E-state index in [2.05, 4.69) is 16.0 Å². The molecule has 0 aliphatic rings. The van der Waals surface area contributed by atoms with Crippen LogP contribution >= 0.6 is 0 Å². The van der Waals surface area contributed by atoms with E-state index in [1.165, 1.54) is 0 Å². The van der Waals surface area contributed by atoms with E-state index in [0.717, 1.165) is 0 Å². The van der Waals surface area contributed by atoms with Crippen LogP contribution in [0.3, 0.4) is 0 Å². The highest BCUT2D eigenvalue weighted by atomic mass is 16.6. The van der Waals surface area contributed by atoms with Crippen LogP contribution in [0.4, 0.5) is 4.79 Å². The zero-order valence-electron chi connectivity index (χ0n) is 43.5. The maximum absolute atomic E-state index is 13.2. The van der Waals surface area contributed by atoms with Gasteiger partial charge in [0.2, 0.25) is 5.91 Å². The van der Waals surface area contributed by atoms with E-state index in [9.17, 15) is 24.0 Å². The van der Waals surface area contributed by atoms with Gasteiger partial charge >= 0.3 is 23.9 Å². The highest BCUT2D eigenvalue weighted by Gasteiger charge is 2.31. The first kappa shape index (κ1) is 65.7. The standard InChI is InChI=1S/C47H90N4O18/c1-45(2,3)67-41(53)15-14-39(43(55)69-47(7,8)9)51-44(56)50-38(42(54)68-46(4,5)6)13-11-12-17-49-40(52)16-18-58-19-20-59-21-22-60-23-24-61-25-26-62-27-28-63-29-30-64-31-32-65-33-34-66-36-37(35-48)57-10/h37-39H,11-36,48H2,1-10H3,(H,49,52)(H2,50,51,56)/t37?,38-,39-/m0/s1. The molecular formula is C47H90N4O18. The Hall–Kier alpha value is -3.29. The summed E-state index contributed by atoms with van der Waals surface area (Å²) in [5, 5.41) is 7.99. The molecular weight excluding hydrogens is 909 g/mol. The molecule has 0 fully saturated rings. The Morgan fingerprint density at radius 3 is 1.19 bits per heavy atom. The predicted molar refractivity (Wildman–Crippen MR) is 255 cm³/mol. The van der Waals surface area contributed by atoms with Crippen molar-refractivity contribution in [3.63, 3.8) is 0 Å². The molecule has 0 aromatic carbocycles. The topological polar surface area (TPSA) is 267 Å². The lowest BCUT2D eigenvalue weighted by molar-refractivity contribution is -0.159. The average molecular weight is 999 g/mol. The molecule has 0 saturated carbocycles. The number of carbonyl (C=O) groups excluding carboxylic acids is 5. The number of unbranched alkanes of at least 4 members (excludes halogenated alkanes) is 1. The number of amides is 3. The summed E-state index contributed by atoms with van der Waals surface area (Å²) in [6, 6.07) is -3.06. The third-order valence-corrected chi connectivity index (χ3v) is 8.64. The first-order valence-electron chi connectivity index (χ1n) is 24.1. The van der Waals surface area contributed by atoms with Crippen molar-refractivity contribution in [3.05, 3.63) is 0 Å². The van der Waals surface area contributed by atoms with Crippen LogP contribution in [0.15, 0.2) is 0 Å². The molecule has 22 heteroatoms. The summed E-state index contributed by atoms with van der Waals surface area (Å²) in [6.07, 6.45) is 0.997. The van der Waals surface area contributed by atoms with E-state index < -0.39 is 52.8 Å². The molecule has 69 heavy (non-hydrogen) atoms. The van der Waals surface area contributed by atoms with E-state index in [0.29, 0.717) is 138 Å². The van der Waals surface area contributed by atoms with Crippen molar-refractivity contribution >= 4 is 29.8 Å². The van der Waals surface area contributed by atoms with Gasteiger partial charge in [0.05, 0.1) is 125 Å². The lowest BCUT2D eigenvalue weighted by Gasteiger charge is -2.27. The molecule has 0 aromatic heterocycles. The molecule has 0 aliphatic heterocycles. The van der Waals surface area contributed by atoms with Gasteiger partial charge in [0.25, 0.3) is 0 Å². The Bertz CT molecular complexity index is 1340. The number of hydrogen-bond donors (Lipinski definition) is 4. The van der Waals surface area contributed by atoms with Crippen LogP contribution in [-0.2, 0) is 80.8 Å². The van der Waals surface area contributed by atoms with Crippen molar-refractivity contribution in [2.75, 3.05) is 139 Å². The summed E-state index contributed by atoms with van der Waals surface area (Å²) in [5.41, 5.74) is 3.14. The molecule has 5 N–H and O–H groups in total. The monoisotopic (exact) mass is 999 g/mol. The zero-order valence-corrected chi connectivity index (χ0v) is 43.5. The minimum atomic E-state index is -1.19. The van der Waals surface area contributed by atoms with Crippen LogP contribution in [-0.4, -0.2) is 204 Å². The van der Waals surface area contributed by atoms with E-state index in [-0.39, 0.29) is 44.3 Å². The van der Waals surface area contributed by atoms with Gasteiger partial charge in [-0.25, -0.2) is 14.4 Å². The SMILES string of the molecule is COC(CN)COCCOCCOCCOCCOCCOCCOCCOCCOCCC(=O)NCCCC[C@H](NC(=O)N[C@@H](CCC(=O)OC(C)(C)C)C(=O)OC(C)(C)C)C(=O)OC(C)(C)C. The van der Waals surface area contributed by atoms with Crippen LogP contribution in [0, 0.1) is 0 Å². The molecule has 406 valence electrons. The quantitative estimate of drug-likeness (QED) is 0.0389. The summed E-state index contributed by atoms with van der Waals surface area (Å²) >= 11 is 0. The molecule has 0 radical (unpaired) electrons. The van der Waals surface area contributed by atoms with Crippen molar-refractivity contribution in [2.45, 2.75) is 136 Å². The molecule has 0 spiro atoms. The Morgan fingerprint density at radius 2 is 0.826 bits per heavy atom. The summed E-state index contributed by atoms with van der Waals surface area (Å²) in [4.78, 5) is 63.9. The summed E-state index contributed by atoms with van der Waals surface area (Å²) in [7, 11) is 1.60. The molecule has 0 rings (SSSR count). The fourth-order valence-corrected chi connectivity index (χ4v) is 5.42. The largest absolute Gasteiger partial charge is 0.460 e. The maximum Gasteiger partial charge on any atom is 0.329 e. The van der Waals surface area contributed by atoms with Crippen molar-refractivity contribution in [2.24, 2.45) is 5.73 Å². The van der Waals surface area contributed by atoms with Gasteiger partial charge in [0, 0.05) is 33.0 Å². The van der Waals surface area contributed by atoms with Gasteiger partial charge in [0.1, 0.15) is 28.9 Å². The van der Waals surface area contributed by atoms with Gasteiger partial charge < -0.3 is 83.3 Å². The van der Waals surface area contributed by atoms with Gasteiger partial charge in [-0.3, -0.25) is 9.59 Å². The first-order chi connectivity index (χ1) is 32.7. The summed E-state index contributed by atoms with van der Waals surface area (Å²) < 4.78 is 70.8. The number of methoxy groups -OCH3 is 1. The van der Waals surface area contributed by atoms with E-state index in [1.807, 2.05) is 0 Å². The average Bonchev–Trinajstić information content (AvgIpc) is 3.25. The number of urea groups is 1. The summed E-state index contributed by atoms with van der Waals surface area (Å²) in [5.74, 6) is -2.12. The van der Waals surface area contributed by atoms with Crippen LogP contribution < -0.4 is 21.7 Å². The Morgan fingerprint density at radius 1 is 0.464 bits per heavy atom. The highest BCUT2D eigenvalue weighted by Crippen LogP contribution is 2.15. The third-order valence-electron chi connectivity index (χ3n) is 8.64. The summed E-state index contributed by atoms with van der Waals surface area (Å²) in [6.45, 7) is 23.8. The second-order valence-electron chi connectivity index (χ2n) is 18.6. The van der Waals surface area contributed by atoms with Gasteiger partial charge in [0.15, 0.2) is 0 Å². The number of nitrogens with one attached hydrogen (secondary N) is 3. The molecule has 3 amide bonds. The minimum Gasteiger partial charge on any atom is -0.460 e. The van der Waals surface area contributed by atoms with Crippen molar-refractivity contribution < 1.29 is 85.6 Å². The fraction of sp³-hybridized carbons (Fsp3) is 0.894. The Labute approximate surface area is 411 Å². The number of hydrogen-bond acceptors (Lipinski definition) is 19. The van der Waals surface area contributed by atoms with Crippen LogP contribution in [0.2, 0.25) is 0 Å². The van der Waals surface area contributed by atoms with Crippen molar-refractivity contribution in [3.8, 4) is 0 Å². The Balaban J connectivity index is 4.06. The number of carbonyl (C=O) groups is 5. The second-order valence-corrected chi connectivity index (χ2v) is 18.6. The first-order valence-corrected chi connectivity index (χ1v) is 24.1. The van der Waals surface area contributed by atoms with Crippen LogP contribution in [0.5, 0.6) is 0 Å². The molecule has 0 heterocycles. The number of rotatable bonds is 43. The Kier molecular flexibility index (Phi) is 38.4.